The molecule has 0 bridgehead atoms. The van der Waals surface area contributed by atoms with Crippen molar-refractivity contribution in [3.63, 3.8) is 0 Å². The summed E-state index contributed by atoms with van der Waals surface area (Å²) < 4.78 is 66.1. The minimum absolute atomic E-state index is 0.330. The molecular weight excluding hydrogens is 403 g/mol. The Bertz CT molecular complexity index is 1160. The van der Waals surface area contributed by atoms with Gasteiger partial charge in [-0.25, -0.2) is 13.2 Å². The number of pyridine rings is 1. The number of hydrogen-bond donors (Lipinski definition) is 1. The van der Waals surface area contributed by atoms with Crippen LogP contribution in [0, 0.1) is 0 Å². The number of para-hydroxylation sites is 1. The number of carboxylic acids is 1. The number of halogens is 3. The van der Waals surface area contributed by atoms with Gasteiger partial charge < -0.3 is 14.4 Å². The summed E-state index contributed by atoms with van der Waals surface area (Å²) in [6.07, 6.45) is 0. The number of ether oxygens (including phenoxy) is 1. The van der Waals surface area contributed by atoms with Crippen molar-refractivity contribution in [3.8, 4) is 5.75 Å². The van der Waals surface area contributed by atoms with Crippen molar-refractivity contribution in [2.75, 3.05) is 7.11 Å². The molecule has 1 heterocycles. The molecule has 0 aliphatic heterocycles. The van der Waals surface area contributed by atoms with Gasteiger partial charge in [0.05, 0.1) is 29.5 Å². The van der Waals surface area contributed by atoms with Gasteiger partial charge in [-0.05, 0) is 18.2 Å². The first-order valence-electron chi connectivity index (χ1n) is 7.52. The molecule has 0 saturated carbocycles. The summed E-state index contributed by atoms with van der Waals surface area (Å²) in [5.41, 5.74) is -3.60. The zero-order valence-electron chi connectivity index (χ0n) is 14.5. The van der Waals surface area contributed by atoms with Gasteiger partial charge in [-0.1, -0.05) is 12.1 Å². The molecule has 3 aromatic rings. The molecule has 11 heteroatoms. The Kier molecular flexibility index (Phi) is 5.80. The van der Waals surface area contributed by atoms with E-state index in [1.807, 2.05) is 41.9 Å². The third-order valence-electron chi connectivity index (χ3n) is 3.87. The molecule has 0 atom stereocenters. The molecule has 0 amide bonds. The van der Waals surface area contributed by atoms with E-state index >= 15 is 0 Å². The third kappa shape index (κ3) is 4.15. The van der Waals surface area contributed by atoms with Crippen LogP contribution in [-0.4, -0.2) is 36.7 Å². The molecule has 3 rings (SSSR count). The van der Waals surface area contributed by atoms with Crippen LogP contribution >= 0.6 is 0 Å². The van der Waals surface area contributed by atoms with E-state index in [0.717, 1.165) is 16.4 Å². The van der Waals surface area contributed by atoms with Gasteiger partial charge in [-0.3, -0.25) is 0 Å². The highest BCUT2D eigenvalue weighted by Gasteiger charge is 2.36. The van der Waals surface area contributed by atoms with Crippen LogP contribution in [0.4, 0.5) is 13.2 Å². The van der Waals surface area contributed by atoms with Gasteiger partial charge in [0.15, 0.2) is 10.1 Å². The van der Waals surface area contributed by atoms with Crippen LogP contribution < -0.4 is 9.30 Å². The molecule has 0 unspecified atom stereocenters. The van der Waals surface area contributed by atoms with Crippen LogP contribution in [0.25, 0.3) is 21.8 Å². The average molecular weight is 417 g/mol. The quantitative estimate of drug-likeness (QED) is 0.297. The molecule has 2 aromatic carbocycles. The van der Waals surface area contributed by atoms with Crippen LogP contribution in [0.5, 0.6) is 5.75 Å². The van der Waals surface area contributed by atoms with Gasteiger partial charge in [0.2, 0.25) is 11.0 Å². The molecule has 0 aliphatic carbocycles. The molecular formula is C17H14F3NO6S. The smallest absolute Gasteiger partial charge is 0.485 e. The minimum atomic E-state index is -6.09. The fourth-order valence-corrected chi connectivity index (χ4v) is 2.61. The highest BCUT2D eigenvalue weighted by Crippen LogP contribution is 2.27. The first kappa shape index (κ1) is 21.4. The molecule has 150 valence electrons. The number of nitrogens with zero attached hydrogens (tertiary/aromatic N) is 1. The molecule has 1 N–H and O–H groups in total. The normalized spacial score (nSPS) is 11.8. The highest BCUT2D eigenvalue weighted by molar-refractivity contribution is 7.86. The maximum atomic E-state index is 11.7. The second-order valence-electron chi connectivity index (χ2n) is 5.54. The zero-order chi connectivity index (χ0) is 21.3. The standard InChI is InChI=1S/C16H13NO3.CHF3O3S/c1-17-13-6-4-3-5-11(13)15(16(18)19)12-8-7-10(20-2)9-14(12)17;2-1(3,4)8(5,6)7/h3-9H,1-2H3;(H,5,6,7). The second kappa shape index (κ2) is 7.60. The summed E-state index contributed by atoms with van der Waals surface area (Å²) in [6, 6.07) is 12.9. The number of aryl methyl sites for hydroxylation is 1. The van der Waals surface area contributed by atoms with Crippen molar-refractivity contribution in [2.45, 2.75) is 5.51 Å². The van der Waals surface area contributed by atoms with E-state index in [2.05, 4.69) is 0 Å². The number of fused-ring (bicyclic) bond motifs is 2. The van der Waals surface area contributed by atoms with Crippen LogP contribution in [0.1, 0.15) is 10.4 Å². The first-order valence-corrected chi connectivity index (χ1v) is 8.93. The number of alkyl halides is 3. The highest BCUT2D eigenvalue weighted by atomic mass is 32.2. The van der Waals surface area contributed by atoms with Crippen LogP contribution in [0.2, 0.25) is 0 Å². The average Bonchev–Trinajstić information content (AvgIpc) is 2.60. The maximum Gasteiger partial charge on any atom is 0.485 e. The van der Waals surface area contributed by atoms with E-state index in [9.17, 15) is 23.1 Å². The van der Waals surface area contributed by atoms with E-state index in [1.54, 1.807) is 19.2 Å². The van der Waals surface area contributed by atoms with Crippen molar-refractivity contribution >= 4 is 37.9 Å². The molecule has 0 spiro atoms. The van der Waals surface area contributed by atoms with Crippen LogP contribution in [0.15, 0.2) is 42.5 Å². The van der Waals surface area contributed by atoms with Crippen molar-refractivity contribution in [3.05, 3.63) is 48.0 Å². The molecule has 0 saturated heterocycles. The van der Waals surface area contributed by atoms with E-state index in [0.29, 0.717) is 16.7 Å². The fourth-order valence-electron chi connectivity index (χ4n) is 2.61. The van der Waals surface area contributed by atoms with Crippen molar-refractivity contribution in [1.29, 1.82) is 0 Å². The molecule has 28 heavy (non-hydrogen) atoms. The Labute approximate surface area is 157 Å². The zero-order valence-corrected chi connectivity index (χ0v) is 15.3. The molecule has 7 nitrogen and oxygen atoms in total. The topological polar surface area (TPSA) is 108 Å². The van der Waals surface area contributed by atoms with Crippen LogP contribution in [0.3, 0.4) is 0 Å². The fraction of sp³-hybridized carbons (Fsp3) is 0.176. The summed E-state index contributed by atoms with van der Waals surface area (Å²) in [6.45, 7) is 0. The van der Waals surface area contributed by atoms with Gasteiger partial charge in [0.1, 0.15) is 12.8 Å². The van der Waals surface area contributed by atoms with Crippen molar-refractivity contribution in [2.24, 2.45) is 7.05 Å². The summed E-state index contributed by atoms with van der Waals surface area (Å²) in [5, 5.41) is 11.0. The summed E-state index contributed by atoms with van der Waals surface area (Å²) in [5.74, 6) is -0.211. The number of carboxylic acid groups (broad SMARTS) is 1. The lowest BCUT2D eigenvalue weighted by molar-refractivity contribution is -0.617. The summed E-state index contributed by atoms with van der Waals surface area (Å²) in [4.78, 5) is 11.7. The maximum absolute atomic E-state index is 11.7. The number of methoxy groups -OCH3 is 1. The van der Waals surface area contributed by atoms with Gasteiger partial charge in [0.25, 0.3) is 0 Å². The number of carbonyl (C=O) groups is 1. The number of rotatable bonds is 2. The van der Waals surface area contributed by atoms with Gasteiger partial charge in [-0.15, -0.1) is 0 Å². The molecule has 0 fully saturated rings. The first-order chi connectivity index (χ1) is 12.9. The number of aromatic carboxylic acids is 1. The molecule has 0 radical (unpaired) electrons. The lowest BCUT2D eigenvalue weighted by atomic mass is 10.0. The minimum Gasteiger partial charge on any atom is -0.741 e. The van der Waals surface area contributed by atoms with Gasteiger partial charge >= 0.3 is 11.5 Å². The predicted molar refractivity (Wildman–Crippen MR) is 91.9 cm³/mol. The lowest BCUT2D eigenvalue weighted by Gasteiger charge is -2.08. The number of hydrogen-bond acceptors (Lipinski definition) is 5. The SMILES string of the molecule is COc1ccc2c(C(=O)O)c3ccccc3[n+](C)c2c1.O=S(=O)([O-])C(F)(F)F. The Morgan fingerprint density at radius 2 is 1.64 bits per heavy atom. The van der Waals surface area contributed by atoms with Crippen molar-refractivity contribution < 1.29 is 45.3 Å². The summed E-state index contributed by atoms with van der Waals surface area (Å²) in [7, 11) is -2.57. The molecule has 0 aliphatic rings. The predicted octanol–water partition coefficient (Wildman–Crippen LogP) is 2.58. The van der Waals surface area contributed by atoms with Crippen LogP contribution in [-0.2, 0) is 17.2 Å². The molecule has 1 aromatic heterocycles. The summed E-state index contributed by atoms with van der Waals surface area (Å²) >= 11 is 0. The largest absolute Gasteiger partial charge is 0.741 e. The monoisotopic (exact) mass is 417 g/mol. The van der Waals surface area contributed by atoms with E-state index in [4.69, 9.17) is 17.7 Å². The van der Waals surface area contributed by atoms with E-state index in [1.165, 1.54) is 0 Å². The second-order valence-corrected chi connectivity index (χ2v) is 6.91. The Hall–Kier alpha value is -2.92. The Morgan fingerprint density at radius 1 is 1.11 bits per heavy atom. The Balaban J connectivity index is 0.000000300. The number of benzene rings is 2. The third-order valence-corrected chi connectivity index (χ3v) is 4.43. The Morgan fingerprint density at radius 3 is 2.14 bits per heavy atom. The van der Waals surface area contributed by atoms with Gasteiger partial charge in [-0.2, -0.15) is 17.7 Å². The van der Waals surface area contributed by atoms with E-state index in [-0.39, 0.29) is 0 Å². The van der Waals surface area contributed by atoms with E-state index < -0.39 is 21.6 Å². The van der Waals surface area contributed by atoms with Crippen molar-refractivity contribution in [1.82, 2.24) is 0 Å². The van der Waals surface area contributed by atoms with Gasteiger partial charge in [0, 0.05) is 6.07 Å². The lowest BCUT2D eigenvalue weighted by Crippen LogP contribution is -2.31. The number of aromatic nitrogens is 1.